The number of esters is 1. The zero-order valence-corrected chi connectivity index (χ0v) is 16.4. The van der Waals surface area contributed by atoms with Gasteiger partial charge in [-0.3, -0.25) is 4.79 Å². The molecule has 1 aromatic carbocycles. The van der Waals surface area contributed by atoms with Crippen LogP contribution in [-0.2, 0) is 14.3 Å². The highest BCUT2D eigenvalue weighted by Crippen LogP contribution is 2.33. The van der Waals surface area contributed by atoms with Crippen LogP contribution in [0.15, 0.2) is 75.0 Å². The van der Waals surface area contributed by atoms with E-state index in [2.05, 4.69) is 5.10 Å². The first kappa shape index (κ1) is 19.8. The van der Waals surface area contributed by atoms with Crippen LogP contribution in [0.2, 0.25) is 5.02 Å². The molecular formula is C21H17ClN2O6. The fourth-order valence-electron chi connectivity index (χ4n) is 2.98. The predicted molar refractivity (Wildman–Crippen MR) is 106 cm³/mol. The Balaban J connectivity index is 1.38. The molecule has 0 bridgehead atoms. The summed E-state index contributed by atoms with van der Waals surface area (Å²) in [5, 5.41) is 5.98. The lowest BCUT2D eigenvalue weighted by atomic mass is 10.1. The van der Waals surface area contributed by atoms with Gasteiger partial charge < -0.3 is 18.3 Å². The number of halogens is 1. The average Bonchev–Trinajstić information content (AvgIpc) is 3.51. The van der Waals surface area contributed by atoms with Gasteiger partial charge in [-0.25, -0.2) is 9.80 Å². The van der Waals surface area contributed by atoms with Crippen LogP contribution >= 0.6 is 11.6 Å². The number of hydrazone groups is 1. The van der Waals surface area contributed by atoms with Crippen molar-refractivity contribution in [2.75, 3.05) is 13.2 Å². The number of nitrogens with zero attached hydrogens (tertiary/aromatic N) is 2. The number of para-hydroxylation sites is 1. The highest BCUT2D eigenvalue weighted by atomic mass is 35.5. The van der Waals surface area contributed by atoms with E-state index >= 15 is 0 Å². The van der Waals surface area contributed by atoms with Crippen molar-refractivity contribution >= 4 is 29.2 Å². The number of carbonyl (C=O) groups excluding carboxylic acids is 2. The molecule has 154 valence electrons. The molecule has 0 saturated heterocycles. The molecule has 4 rings (SSSR count). The third-order valence-corrected chi connectivity index (χ3v) is 4.69. The summed E-state index contributed by atoms with van der Waals surface area (Å²) in [4.78, 5) is 24.7. The van der Waals surface area contributed by atoms with Gasteiger partial charge in [0.25, 0.3) is 5.91 Å². The second-order valence-corrected chi connectivity index (χ2v) is 6.78. The topological polar surface area (TPSA) is 94.5 Å². The van der Waals surface area contributed by atoms with E-state index in [1.165, 1.54) is 17.5 Å². The predicted octanol–water partition coefficient (Wildman–Crippen LogP) is 3.83. The number of ether oxygens (including phenoxy) is 2. The van der Waals surface area contributed by atoms with Crippen LogP contribution in [0.5, 0.6) is 5.75 Å². The van der Waals surface area contributed by atoms with E-state index in [9.17, 15) is 9.59 Å². The molecule has 30 heavy (non-hydrogen) atoms. The minimum absolute atomic E-state index is 0.354. The zero-order chi connectivity index (χ0) is 20.9. The molecule has 0 saturated carbocycles. The number of rotatable bonds is 7. The van der Waals surface area contributed by atoms with Gasteiger partial charge in [-0.15, -0.1) is 0 Å². The Kier molecular flexibility index (Phi) is 5.85. The Morgan fingerprint density at radius 1 is 1.07 bits per heavy atom. The maximum Gasteiger partial charge on any atom is 0.344 e. The van der Waals surface area contributed by atoms with Gasteiger partial charge in [0.1, 0.15) is 29.0 Å². The van der Waals surface area contributed by atoms with Crippen molar-refractivity contribution in [1.82, 2.24) is 5.01 Å². The van der Waals surface area contributed by atoms with Gasteiger partial charge in [-0.1, -0.05) is 23.7 Å². The summed E-state index contributed by atoms with van der Waals surface area (Å²) in [5.74, 6) is 0.290. The molecule has 1 atom stereocenters. The summed E-state index contributed by atoms with van der Waals surface area (Å²) < 4.78 is 21.2. The van der Waals surface area contributed by atoms with Gasteiger partial charge in [0.2, 0.25) is 0 Å². The molecule has 8 nitrogen and oxygen atoms in total. The summed E-state index contributed by atoms with van der Waals surface area (Å²) >= 11 is 5.97. The Labute approximate surface area is 176 Å². The van der Waals surface area contributed by atoms with Crippen molar-refractivity contribution in [1.29, 1.82) is 0 Å². The third kappa shape index (κ3) is 4.38. The van der Waals surface area contributed by atoms with Gasteiger partial charge in [0.15, 0.2) is 13.2 Å². The van der Waals surface area contributed by atoms with Gasteiger partial charge in [0, 0.05) is 6.42 Å². The van der Waals surface area contributed by atoms with Gasteiger partial charge >= 0.3 is 5.97 Å². The Morgan fingerprint density at radius 3 is 2.60 bits per heavy atom. The lowest BCUT2D eigenvalue weighted by Gasteiger charge is -2.19. The fourth-order valence-corrected chi connectivity index (χ4v) is 3.17. The minimum Gasteiger partial charge on any atom is -0.480 e. The van der Waals surface area contributed by atoms with E-state index in [-0.39, 0.29) is 6.61 Å². The largest absolute Gasteiger partial charge is 0.480 e. The summed E-state index contributed by atoms with van der Waals surface area (Å²) in [6, 6.07) is 13.3. The van der Waals surface area contributed by atoms with Crippen molar-refractivity contribution in [3.05, 3.63) is 77.6 Å². The van der Waals surface area contributed by atoms with Gasteiger partial charge in [-0.05, 0) is 36.4 Å². The van der Waals surface area contributed by atoms with Crippen LogP contribution in [0, 0.1) is 0 Å². The van der Waals surface area contributed by atoms with Crippen molar-refractivity contribution in [2.45, 2.75) is 12.5 Å². The quantitative estimate of drug-likeness (QED) is 0.531. The zero-order valence-electron chi connectivity index (χ0n) is 15.7. The van der Waals surface area contributed by atoms with Crippen LogP contribution in [0.25, 0.3) is 0 Å². The minimum atomic E-state index is -0.702. The van der Waals surface area contributed by atoms with Crippen molar-refractivity contribution in [3.8, 4) is 5.75 Å². The Morgan fingerprint density at radius 2 is 1.87 bits per heavy atom. The highest BCUT2D eigenvalue weighted by molar-refractivity contribution is 6.32. The maximum absolute atomic E-state index is 12.7. The smallest absolute Gasteiger partial charge is 0.344 e. The molecule has 1 aliphatic rings. The summed E-state index contributed by atoms with van der Waals surface area (Å²) in [6.07, 6.45) is 3.47. The molecule has 1 aliphatic heterocycles. The van der Waals surface area contributed by atoms with Crippen LogP contribution in [0.4, 0.5) is 0 Å². The van der Waals surface area contributed by atoms with Crippen molar-refractivity contribution < 1.29 is 27.9 Å². The van der Waals surface area contributed by atoms with Crippen LogP contribution in [0.1, 0.15) is 24.0 Å². The molecule has 0 N–H and O–H groups in total. The molecule has 0 fully saturated rings. The van der Waals surface area contributed by atoms with E-state index in [0.29, 0.717) is 34.4 Å². The summed E-state index contributed by atoms with van der Waals surface area (Å²) in [5.41, 5.74) is 0.600. The van der Waals surface area contributed by atoms with Crippen molar-refractivity contribution in [3.63, 3.8) is 0 Å². The third-order valence-electron chi connectivity index (χ3n) is 4.38. The Bertz CT molecular complexity index is 1050. The number of furan rings is 2. The number of amides is 1. The van der Waals surface area contributed by atoms with Crippen LogP contribution in [0.3, 0.4) is 0 Å². The molecule has 0 spiro atoms. The van der Waals surface area contributed by atoms with E-state index in [1.807, 2.05) is 0 Å². The second-order valence-electron chi connectivity index (χ2n) is 6.38. The second kappa shape index (κ2) is 8.87. The molecule has 1 amide bonds. The highest BCUT2D eigenvalue weighted by Gasteiger charge is 2.36. The first-order chi connectivity index (χ1) is 14.6. The van der Waals surface area contributed by atoms with E-state index in [4.69, 9.17) is 29.9 Å². The van der Waals surface area contributed by atoms with Gasteiger partial charge in [0.05, 0.1) is 17.5 Å². The lowest BCUT2D eigenvalue weighted by Crippen LogP contribution is -2.32. The number of hydrogen-bond acceptors (Lipinski definition) is 7. The monoisotopic (exact) mass is 428 g/mol. The summed E-state index contributed by atoms with van der Waals surface area (Å²) in [6.45, 7) is -0.865. The van der Waals surface area contributed by atoms with Gasteiger partial charge in [-0.2, -0.15) is 5.10 Å². The van der Waals surface area contributed by atoms with Crippen LogP contribution < -0.4 is 4.74 Å². The van der Waals surface area contributed by atoms with Crippen molar-refractivity contribution in [2.24, 2.45) is 5.10 Å². The normalized spacial score (nSPS) is 15.7. The molecular weight excluding hydrogens is 412 g/mol. The first-order valence-electron chi connectivity index (χ1n) is 9.11. The molecule has 2 aromatic heterocycles. The van der Waals surface area contributed by atoms with E-state index in [1.54, 1.807) is 48.5 Å². The van der Waals surface area contributed by atoms with E-state index < -0.39 is 24.5 Å². The van der Waals surface area contributed by atoms with E-state index in [0.717, 1.165) is 0 Å². The first-order valence-corrected chi connectivity index (χ1v) is 9.49. The number of hydrogen-bond donors (Lipinski definition) is 0. The Hall–Kier alpha value is -3.52. The standard InChI is InChI=1S/C21H17ClN2O6/c22-14-5-1-2-6-17(14)29-13-21(26)30-12-20(25)24-16(19-8-4-10-28-19)11-15(23-24)18-7-3-9-27-18/h1-10,16H,11-13H2. The number of benzene rings is 1. The fraction of sp³-hybridized carbons (Fsp3) is 0.190. The lowest BCUT2D eigenvalue weighted by molar-refractivity contribution is -0.154. The summed E-state index contributed by atoms with van der Waals surface area (Å²) in [7, 11) is 0. The average molecular weight is 429 g/mol. The molecule has 1 unspecified atom stereocenters. The SMILES string of the molecule is O=C(COc1ccccc1Cl)OCC(=O)N1N=C(c2ccco2)CC1c1ccco1. The maximum atomic E-state index is 12.7. The molecule has 0 radical (unpaired) electrons. The van der Waals surface area contributed by atoms with Crippen LogP contribution in [-0.4, -0.2) is 35.8 Å². The molecule has 9 heteroatoms. The number of carbonyl (C=O) groups is 2. The molecule has 3 heterocycles. The molecule has 3 aromatic rings. The molecule has 0 aliphatic carbocycles.